The van der Waals surface area contributed by atoms with E-state index in [-0.39, 0.29) is 11.6 Å². The van der Waals surface area contributed by atoms with E-state index in [0.717, 1.165) is 32.5 Å². The summed E-state index contributed by atoms with van der Waals surface area (Å²) in [6, 6.07) is 15.6. The van der Waals surface area contributed by atoms with Crippen molar-refractivity contribution in [3.63, 3.8) is 0 Å². The van der Waals surface area contributed by atoms with E-state index in [1.807, 2.05) is 69.3 Å². The molecule has 0 bridgehead atoms. The van der Waals surface area contributed by atoms with Crippen molar-refractivity contribution in [1.29, 1.82) is 0 Å². The number of aromatic nitrogens is 4. The van der Waals surface area contributed by atoms with Crippen molar-refractivity contribution in [2.75, 3.05) is 5.32 Å². The van der Waals surface area contributed by atoms with Gasteiger partial charge in [-0.2, -0.15) is 5.10 Å². The van der Waals surface area contributed by atoms with Gasteiger partial charge >= 0.3 is 0 Å². The fourth-order valence-electron chi connectivity index (χ4n) is 3.19. The molecule has 4 rings (SSSR count). The Morgan fingerprint density at radius 1 is 1.04 bits per heavy atom. The molecule has 0 saturated heterocycles. The molecule has 140 valence electrons. The molecule has 1 N–H and O–H groups in total. The number of rotatable bonds is 3. The SMILES string of the molecule is Cc1cccc(NC(=O)c2nnc3c(-c4ccc(Br)cc4)c(C)nn3c2C)c1. The van der Waals surface area contributed by atoms with Crippen LogP contribution in [-0.2, 0) is 0 Å². The molecule has 0 fully saturated rings. The second kappa shape index (κ2) is 7.16. The lowest BCUT2D eigenvalue weighted by molar-refractivity contribution is 0.102. The Labute approximate surface area is 170 Å². The van der Waals surface area contributed by atoms with Gasteiger partial charge in [-0.25, -0.2) is 4.52 Å². The first-order valence-corrected chi connectivity index (χ1v) is 9.60. The number of fused-ring (bicyclic) bond motifs is 1. The van der Waals surface area contributed by atoms with Crippen LogP contribution in [0.4, 0.5) is 5.69 Å². The number of amides is 1. The van der Waals surface area contributed by atoms with Crippen LogP contribution in [0.1, 0.15) is 27.4 Å². The molecule has 0 aliphatic rings. The molecule has 0 radical (unpaired) electrons. The molecule has 7 heteroatoms. The molecule has 0 atom stereocenters. The van der Waals surface area contributed by atoms with E-state index >= 15 is 0 Å². The van der Waals surface area contributed by atoms with E-state index in [4.69, 9.17) is 0 Å². The number of nitrogens with one attached hydrogen (secondary N) is 1. The quantitative estimate of drug-likeness (QED) is 0.504. The summed E-state index contributed by atoms with van der Waals surface area (Å²) in [6.45, 7) is 5.73. The van der Waals surface area contributed by atoms with Gasteiger partial charge < -0.3 is 5.32 Å². The average Bonchev–Trinajstić information content (AvgIpc) is 3.00. The molecule has 0 aliphatic heterocycles. The van der Waals surface area contributed by atoms with Gasteiger partial charge in [0, 0.05) is 10.2 Å². The minimum Gasteiger partial charge on any atom is -0.321 e. The lowest BCUT2D eigenvalue weighted by atomic mass is 10.1. The van der Waals surface area contributed by atoms with E-state index < -0.39 is 0 Å². The van der Waals surface area contributed by atoms with Crippen LogP contribution in [0.2, 0.25) is 0 Å². The molecule has 2 aromatic carbocycles. The molecular weight excluding hydrogens is 418 g/mol. The molecule has 2 aromatic heterocycles. The van der Waals surface area contributed by atoms with Crippen LogP contribution in [0.3, 0.4) is 0 Å². The second-order valence-electron chi connectivity index (χ2n) is 6.66. The largest absolute Gasteiger partial charge is 0.321 e. The number of hydrogen-bond donors (Lipinski definition) is 1. The topological polar surface area (TPSA) is 72.2 Å². The first-order chi connectivity index (χ1) is 13.4. The van der Waals surface area contributed by atoms with Crippen LogP contribution in [0.5, 0.6) is 0 Å². The van der Waals surface area contributed by atoms with Crippen LogP contribution >= 0.6 is 15.9 Å². The number of halogens is 1. The van der Waals surface area contributed by atoms with E-state index in [0.29, 0.717) is 11.3 Å². The fourth-order valence-corrected chi connectivity index (χ4v) is 3.45. The van der Waals surface area contributed by atoms with Gasteiger partial charge in [-0.1, -0.05) is 40.2 Å². The molecular formula is C21H18BrN5O. The number of aryl methyl sites for hydroxylation is 3. The van der Waals surface area contributed by atoms with Gasteiger partial charge in [0.25, 0.3) is 5.91 Å². The van der Waals surface area contributed by atoms with Crippen molar-refractivity contribution in [3.05, 3.63) is 75.6 Å². The average molecular weight is 436 g/mol. The van der Waals surface area contributed by atoms with E-state index in [1.54, 1.807) is 4.52 Å². The van der Waals surface area contributed by atoms with E-state index in [2.05, 4.69) is 36.5 Å². The van der Waals surface area contributed by atoms with Gasteiger partial charge in [0.2, 0.25) is 0 Å². The van der Waals surface area contributed by atoms with Crippen LogP contribution in [0, 0.1) is 20.8 Å². The third-order valence-corrected chi connectivity index (χ3v) is 5.09. The normalized spacial score (nSPS) is 11.0. The molecule has 0 unspecified atom stereocenters. The molecule has 0 saturated carbocycles. The highest BCUT2D eigenvalue weighted by Crippen LogP contribution is 2.28. The number of carbonyl (C=O) groups excluding carboxylic acids is 1. The number of anilines is 1. The number of hydrogen-bond acceptors (Lipinski definition) is 4. The summed E-state index contributed by atoms with van der Waals surface area (Å²) in [5.41, 5.74) is 6.05. The maximum absolute atomic E-state index is 12.7. The minimum absolute atomic E-state index is 0.249. The third kappa shape index (κ3) is 3.29. The summed E-state index contributed by atoms with van der Waals surface area (Å²) in [5, 5.41) is 16.0. The third-order valence-electron chi connectivity index (χ3n) is 4.57. The summed E-state index contributed by atoms with van der Waals surface area (Å²) in [7, 11) is 0. The highest BCUT2D eigenvalue weighted by molar-refractivity contribution is 9.10. The van der Waals surface area contributed by atoms with E-state index in [1.165, 1.54) is 0 Å². The van der Waals surface area contributed by atoms with Gasteiger partial charge in [0.05, 0.1) is 17.0 Å². The summed E-state index contributed by atoms with van der Waals surface area (Å²) >= 11 is 3.45. The Morgan fingerprint density at radius 3 is 2.50 bits per heavy atom. The predicted molar refractivity (Wildman–Crippen MR) is 113 cm³/mol. The number of benzene rings is 2. The van der Waals surface area contributed by atoms with Crippen molar-refractivity contribution in [2.24, 2.45) is 0 Å². The van der Waals surface area contributed by atoms with Crippen LogP contribution in [0.25, 0.3) is 16.8 Å². The van der Waals surface area contributed by atoms with Crippen LogP contribution in [-0.4, -0.2) is 25.7 Å². The van der Waals surface area contributed by atoms with Gasteiger partial charge in [0.1, 0.15) is 0 Å². The monoisotopic (exact) mass is 435 g/mol. The molecule has 1 amide bonds. The maximum atomic E-state index is 12.7. The van der Waals surface area contributed by atoms with Crippen LogP contribution in [0.15, 0.2) is 53.0 Å². The zero-order valence-electron chi connectivity index (χ0n) is 15.7. The van der Waals surface area contributed by atoms with Gasteiger partial charge in [0.15, 0.2) is 11.3 Å². The lowest BCUT2D eigenvalue weighted by Crippen LogP contribution is -2.18. The zero-order valence-corrected chi connectivity index (χ0v) is 17.3. The Morgan fingerprint density at radius 2 is 1.79 bits per heavy atom. The van der Waals surface area contributed by atoms with Crippen molar-refractivity contribution in [2.45, 2.75) is 20.8 Å². The number of carbonyl (C=O) groups is 1. The molecule has 2 heterocycles. The van der Waals surface area contributed by atoms with Crippen LogP contribution < -0.4 is 5.32 Å². The molecule has 0 aliphatic carbocycles. The lowest BCUT2D eigenvalue weighted by Gasteiger charge is -2.08. The predicted octanol–water partition coefficient (Wildman–Crippen LogP) is 4.73. The maximum Gasteiger partial charge on any atom is 0.278 e. The highest BCUT2D eigenvalue weighted by atomic mass is 79.9. The minimum atomic E-state index is -0.309. The first kappa shape index (κ1) is 18.3. The fraction of sp³-hybridized carbons (Fsp3) is 0.143. The van der Waals surface area contributed by atoms with Gasteiger partial charge in [-0.3, -0.25) is 4.79 Å². The molecule has 28 heavy (non-hydrogen) atoms. The summed E-state index contributed by atoms with van der Waals surface area (Å²) in [4.78, 5) is 12.7. The Hall–Kier alpha value is -3.06. The highest BCUT2D eigenvalue weighted by Gasteiger charge is 2.20. The Kier molecular flexibility index (Phi) is 4.68. The molecule has 4 aromatic rings. The summed E-state index contributed by atoms with van der Waals surface area (Å²) < 4.78 is 2.69. The summed E-state index contributed by atoms with van der Waals surface area (Å²) in [5.74, 6) is -0.309. The number of nitrogens with zero attached hydrogens (tertiary/aromatic N) is 4. The van der Waals surface area contributed by atoms with E-state index in [9.17, 15) is 4.79 Å². The van der Waals surface area contributed by atoms with Crippen molar-refractivity contribution >= 4 is 33.2 Å². The first-order valence-electron chi connectivity index (χ1n) is 8.80. The smallest absolute Gasteiger partial charge is 0.278 e. The van der Waals surface area contributed by atoms with Gasteiger partial charge in [-0.05, 0) is 56.2 Å². The second-order valence-corrected chi connectivity index (χ2v) is 7.58. The Bertz CT molecular complexity index is 1200. The van der Waals surface area contributed by atoms with Crippen molar-refractivity contribution in [1.82, 2.24) is 19.8 Å². The standard InChI is InChI=1S/C21H18BrN5O/c1-12-5-4-6-17(11-12)23-21(28)19-14(3)27-20(25-24-19)18(13(2)26-27)15-7-9-16(22)10-8-15/h4-11H,1-3H3,(H,23,28). The molecule has 6 nitrogen and oxygen atoms in total. The van der Waals surface area contributed by atoms with Crippen molar-refractivity contribution < 1.29 is 4.79 Å². The Balaban J connectivity index is 1.75. The van der Waals surface area contributed by atoms with Gasteiger partial charge in [-0.15, -0.1) is 10.2 Å². The zero-order chi connectivity index (χ0) is 19.8. The summed E-state index contributed by atoms with van der Waals surface area (Å²) in [6.07, 6.45) is 0. The molecule has 0 spiro atoms. The van der Waals surface area contributed by atoms with Crippen molar-refractivity contribution in [3.8, 4) is 11.1 Å².